The number of hydrogen-bond acceptors (Lipinski definition) is 4. The van der Waals surface area contributed by atoms with Crippen LogP contribution in [0.1, 0.15) is 12.5 Å². The monoisotopic (exact) mass is 374 g/mol. The quantitative estimate of drug-likeness (QED) is 0.318. The maximum atomic E-state index is 11.7. The summed E-state index contributed by atoms with van der Waals surface area (Å²) >= 11 is 23.4. The Labute approximate surface area is 141 Å². The molecule has 1 aromatic carbocycles. The highest BCUT2D eigenvalue weighted by molar-refractivity contribution is 8.03. The first-order chi connectivity index (χ1) is 9.33. The summed E-state index contributed by atoms with van der Waals surface area (Å²) < 4.78 is 3.91. The number of amides is 1. The molecule has 1 rings (SSSR count). The molecule has 0 atom stereocenters. The van der Waals surface area contributed by atoms with Gasteiger partial charge in [-0.05, 0) is 13.0 Å². The lowest BCUT2D eigenvalue weighted by atomic mass is 10.2. The number of rotatable bonds is 4. The van der Waals surface area contributed by atoms with Crippen molar-refractivity contribution in [1.82, 2.24) is 4.41 Å². The largest absolute Gasteiger partial charge is 0.448 e. The van der Waals surface area contributed by atoms with Crippen molar-refractivity contribution < 1.29 is 9.53 Å². The van der Waals surface area contributed by atoms with E-state index < -0.39 is 9.22 Å². The van der Waals surface area contributed by atoms with E-state index in [0.29, 0.717) is 22.5 Å². The summed E-state index contributed by atoms with van der Waals surface area (Å²) in [5.41, 5.74) is 0.619. The summed E-state index contributed by atoms with van der Waals surface area (Å²) in [4.78, 5) is 11.7. The highest BCUT2D eigenvalue weighted by Gasteiger charge is 2.29. The van der Waals surface area contributed by atoms with Crippen LogP contribution in [0.25, 0.3) is 0 Å². The Morgan fingerprint density at radius 3 is 2.65 bits per heavy atom. The van der Waals surface area contributed by atoms with Crippen molar-refractivity contribution in [3.05, 3.63) is 34.9 Å². The maximum absolute atomic E-state index is 11.7. The lowest BCUT2D eigenvalue weighted by Crippen LogP contribution is -2.23. The fourth-order valence-electron chi connectivity index (χ4n) is 1.08. The average Bonchev–Trinajstić information content (AvgIpc) is 2.35. The molecule has 0 N–H and O–H groups in total. The molecule has 0 aromatic heterocycles. The molecule has 9 heteroatoms. The Morgan fingerprint density at radius 2 is 2.10 bits per heavy atom. The molecule has 0 heterocycles. The number of carbonyl (C=O) groups is 1. The second-order valence-electron chi connectivity index (χ2n) is 3.27. The highest BCUT2D eigenvalue weighted by atomic mass is 35.6. The first-order valence-electron chi connectivity index (χ1n) is 5.34. The molecule has 0 bridgehead atoms. The average molecular weight is 376 g/mol. The van der Waals surface area contributed by atoms with E-state index in [9.17, 15) is 4.79 Å². The molecule has 0 aliphatic carbocycles. The molecule has 0 saturated carbocycles. The van der Waals surface area contributed by atoms with Crippen LogP contribution in [0, 0.1) is 0 Å². The lowest BCUT2D eigenvalue weighted by Gasteiger charge is -2.18. The highest BCUT2D eigenvalue weighted by Crippen LogP contribution is 2.41. The molecule has 0 aliphatic rings. The molecular weight excluding hydrogens is 366 g/mol. The van der Waals surface area contributed by atoms with Gasteiger partial charge >= 0.3 is 6.09 Å². The second-order valence-corrected chi connectivity index (χ2v) is 7.78. The first kappa shape index (κ1) is 17.7. The molecule has 1 amide bonds. The Kier molecular flexibility index (Phi) is 7.26. The van der Waals surface area contributed by atoms with E-state index in [0.717, 1.165) is 4.41 Å². The molecule has 0 unspecified atom stereocenters. The van der Waals surface area contributed by atoms with Crippen molar-refractivity contribution in [3.63, 3.8) is 0 Å². The van der Waals surface area contributed by atoms with Crippen LogP contribution in [-0.4, -0.2) is 26.5 Å². The Balaban J connectivity index is 2.89. The van der Waals surface area contributed by atoms with Crippen molar-refractivity contribution in [1.29, 1.82) is 0 Å². The van der Waals surface area contributed by atoms with Gasteiger partial charge in [0.05, 0.1) is 12.8 Å². The Morgan fingerprint density at radius 1 is 1.45 bits per heavy atom. The van der Waals surface area contributed by atoms with Crippen molar-refractivity contribution in [2.75, 3.05) is 6.61 Å². The van der Waals surface area contributed by atoms with Crippen LogP contribution in [0.15, 0.2) is 29.4 Å². The van der Waals surface area contributed by atoms with Crippen molar-refractivity contribution in [3.8, 4) is 0 Å². The number of hydrogen-bond donors (Lipinski definition) is 0. The smallest absolute Gasteiger partial charge is 0.441 e. The van der Waals surface area contributed by atoms with Crippen LogP contribution in [0.4, 0.5) is 4.79 Å². The third-order valence-electron chi connectivity index (χ3n) is 1.82. The van der Waals surface area contributed by atoms with Gasteiger partial charge in [-0.2, -0.15) is 5.10 Å². The first-order valence-corrected chi connectivity index (χ1v) is 7.63. The van der Waals surface area contributed by atoms with Gasteiger partial charge in [-0.1, -0.05) is 64.6 Å². The molecule has 0 spiro atoms. The summed E-state index contributed by atoms with van der Waals surface area (Å²) in [6.07, 6.45) is 0.634. The zero-order valence-corrected chi connectivity index (χ0v) is 14.1. The van der Waals surface area contributed by atoms with Crippen LogP contribution >= 0.6 is 58.4 Å². The number of halogens is 4. The van der Waals surface area contributed by atoms with E-state index in [2.05, 4.69) is 5.10 Å². The van der Waals surface area contributed by atoms with Crippen LogP contribution in [0.5, 0.6) is 0 Å². The predicted molar refractivity (Wildman–Crippen MR) is 85.8 cm³/mol. The summed E-state index contributed by atoms with van der Waals surface area (Å²) in [6, 6.07) is 6.98. The number of alkyl halides is 3. The van der Waals surface area contributed by atoms with Gasteiger partial charge in [-0.3, -0.25) is 0 Å². The van der Waals surface area contributed by atoms with Gasteiger partial charge in [-0.15, -0.1) is 4.41 Å². The van der Waals surface area contributed by atoms with E-state index in [1.54, 1.807) is 31.2 Å². The van der Waals surface area contributed by atoms with Gasteiger partial charge in [0.25, 0.3) is 3.12 Å². The fourth-order valence-corrected chi connectivity index (χ4v) is 2.27. The zero-order chi connectivity index (χ0) is 15.2. The molecule has 110 valence electrons. The second kappa shape index (κ2) is 8.20. The van der Waals surface area contributed by atoms with Crippen molar-refractivity contribution in [2.45, 2.75) is 10.0 Å². The summed E-state index contributed by atoms with van der Waals surface area (Å²) in [6.45, 7) is 1.84. The van der Waals surface area contributed by atoms with Gasteiger partial charge in [0.1, 0.15) is 0 Å². The van der Waals surface area contributed by atoms with E-state index in [1.165, 1.54) is 6.21 Å². The number of ether oxygens (including phenoxy) is 1. The molecule has 1 aromatic rings. The molecule has 0 aliphatic heterocycles. The Bertz CT molecular complexity index is 494. The minimum atomic E-state index is -1.75. The standard InChI is InChI=1S/C11H10Cl4N2O2S/c1-2-19-10(18)17(20-11(13,14)15)16-7-8-5-3-4-6-9(8)12/h3-7H,2H2,1H3. The number of nitrogens with zero attached hydrogens (tertiary/aromatic N) is 2. The minimum absolute atomic E-state index is 0.178. The van der Waals surface area contributed by atoms with Gasteiger partial charge in [0.15, 0.2) is 0 Å². The maximum Gasteiger partial charge on any atom is 0.441 e. The van der Waals surface area contributed by atoms with Crippen LogP contribution in [0.3, 0.4) is 0 Å². The van der Waals surface area contributed by atoms with Crippen LogP contribution < -0.4 is 0 Å². The van der Waals surface area contributed by atoms with Gasteiger partial charge in [0.2, 0.25) is 0 Å². The molecule has 20 heavy (non-hydrogen) atoms. The number of benzene rings is 1. The predicted octanol–water partition coefficient (Wildman–Crippen LogP) is 5.11. The third kappa shape index (κ3) is 6.41. The molecule has 0 radical (unpaired) electrons. The normalized spacial score (nSPS) is 11.7. The van der Waals surface area contributed by atoms with Crippen LogP contribution in [0.2, 0.25) is 5.02 Å². The van der Waals surface area contributed by atoms with Crippen molar-refractivity contribution >= 4 is 70.7 Å². The van der Waals surface area contributed by atoms with E-state index >= 15 is 0 Å². The van der Waals surface area contributed by atoms with Gasteiger partial charge in [-0.25, -0.2) is 4.79 Å². The molecule has 0 saturated heterocycles. The van der Waals surface area contributed by atoms with E-state index in [-0.39, 0.29) is 6.61 Å². The summed E-state index contributed by atoms with van der Waals surface area (Å²) in [5, 5.41) is 4.40. The topological polar surface area (TPSA) is 41.9 Å². The lowest BCUT2D eigenvalue weighted by molar-refractivity contribution is 0.134. The van der Waals surface area contributed by atoms with E-state index in [4.69, 9.17) is 51.1 Å². The molecular formula is C11H10Cl4N2O2S. The minimum Gasteiger partial charge on any atom is -0.448 e. The van der Waals surface area contributed by atoms with Crippen molar-refractivity contribution in [2.24, 2.45) is 5.10 Å². The zero-order valence-electron chi connectivity index (χ0n) is 10.2. The Hall–Kier alpha value is -0.330. The number of hydrazone groups is 1. The van der Waals surface area contributed by atoms with Crippen LogP contribution in [-0.2, 0) is 4.74 Å². The SMILES string of the molecule is CCOC(=O)N(N=Cc1ccccc1Cl)SC(Cl)(Cl)Cl. The summed E-state index contributed by atoms with van der Waals surface area (Å²) in [5.74, 6) is 0. The molecule has 0 fully saturated rings. The number of carbonyl (C=O) groups excluding carboxylic acids is 1. The van der Waals surface area contributed by atoms with Gasteiger partial charge in [0, 0.05) is 22.5 Å². The summed E-state index contributed by atoms with van der Waals surface area (Å²) in [7, 11) is 0. The van der Waals surface area contributed by atoms with Gasteiger partial charge < -0.3 is 4.74 Å². The fraction of sp³-hybridized carbons (Fsp3) is 0.273. The molecule has 4 nitrogen and oxygen atoms in total. The van der Waals surface area contributed by atoms with E-state index in [1.807, 2.05) is 0 Å². The third-order valence-corrected chi connectivity index (χ3v) is 3.41.